The Morgan fingerprint density at radius 3 is 2.07 bits per heavy atom. The van der Waals surface area contributed by atoms with Crippen molar-refractivity contribution in [3.8, 4) is 0 Å². The highest BCUT2D eigenvalue weighted by atomic mass is 17.2. The Kier molecular flexibility index (Phi) is 9.12. The lowest BCUT2D eigenvalue weighted by atomic mass is 10.1. The second-order valence-electron chi connectivity index (χ2n) is 4.79. The number of unbranched alkanes of at least 4 members (excludes halogenated alkanes) is 5. The smallest absolute Gasteiger partial charge is 0.0977 e. The molecule has 0 aliphatic rings. The fraction of sp³-hybridized carbons (Fsp3) is 1.00. The van der Waals surface area contributed by atoms with Crippen molar-refractivity contribution in [1.82, 2.24) is 0 Å². The van der Waals surface area contributed by atoms with Crippen molar-refractivity contribution >= 4 is 0 Å². The average molecular weight is 216 g/mol. The van der Waals surface area contributed by atoms with Crippen LogP contribution in [0.5, 0.6) is 0 Å². The molecule has 0 aliphatic carbocycles. The first kappa shape index (κ1) is 14.9. The molecule has 0 fully saturated rings. The first-order valence-electron chi connectivity index (χ1n) is 6.43. The van der Waals surface area contributed by atoms with Crippen molar-refractivity contribution in [2.45, 2.75) is 78.2 Å². The summed E-state index contributed by atoms with van der Waals surface area (Å²) >= 11 is 0. The Morgan fingerprint density at radius 1 is 0.867 bits per heavy atom. The van der Waals surface area contributed by atoms with Gasteiger partial charge >= 0.3 is 0 Å². The summed E-state index contributed by atoms with van der Waals surface area (Å²) < 4.78 is 0. The molecule has 2 nitrogen and oxygen atoms in total. The van der Waals surface area contributed by atoms with Gasteiger partial charge in [0.2, 0.25) is 0 Å². The molecule has 92 valence electrons. The molecule has 15 heavy (non-hydrogen) atoms. The SMILES string of the molecule is CCCCCCCCOOC(C)(C)CC. The van der Waals surface area contributed by atoms with Gasteiger partial charge in [0.1, 0.15) is 0 Å². The molecule has 0 bridgehead atoms. The van der Waals surface area contributed by atoms with Crippen LogP contribution >= 0.6 is 0 Å². The van der Waals surface area contributed by atoms with Crippen LogP contribution in [-0.2, 0) is 9.78 Å². The minimum Gasteiger partial charge on any atom is -0.236 e. The summed E-state index contributed by atoms with van der Waals surface area (Å²) in [6, 6.07) is 0. The lowest BCUT2D eigenvalue weighted by Crippen LogP contribution is -2.23. The summed E-state index contributed by atoms with van der Waals surface area (Å²) in [5.74, 6) is 0. The summed E-state index contributed by atoms with van der Waals surface area (Å²) in [7, 11) is 0. The Labute approximate surface area is 95.3 Å². The van der Waals surface area contributed by atoms with E-state index in [0.717, 1.165) is 19.4 Å². The molecule has 0 aromatic carbocycles. The van der Waals surface area contributed by atoms with Crippen LogP contribution < -0.4 is 0 Å². The molecule has 0 amide bonds. The van der Waals surface area contributed by atoms with Crippen LogP contribution in [0.4, 0.5) is 0 Å². The summed E-state index contributed by atoms with van der Waals surface area (Å²) in [6.45, 7) is 9.18. The molecule has 2 heteroatoms. The average Bonchev–Trinajstić information content (AvgIpc) is 2.22. The van der Waals surface area contributed by atoms with Gasteiger partial charge in [0.05, 0.1) is 12.2 Å². The molecule has 0 saturated carbocycles. The van der Waals surface area contributed by atoms with Crippen LogP contribution in [-0.4, -0.2) is 12.2 Å². The van der Waals surface area contributed by atoms with E-state index >= 15 is 0 Å². The van der Waals surface area contributed by atoms with Crippen LogP contribution in [0.2, 0.25) is 0 Å². The molecule has 0 saturated heterocycles. The lowest BCUT2D eigenvalue weighted by Gasteiger charge is -2.21. The summed E-state index contributed by atoms with van der Waals surface area (Å²) in [6.07, 6.45) is 8.71. The van der Waals surface area contributed by atoms with Crippen molar-refractivity contribution in [3.05, 3.63) is 0 Å². The number of hydrogen-bond acceptors (Lipinski definition) is 2. The highest BCUT2D eigenvalue weighted by Gasteiger charge is 2.16. The molecule has 0 spiro atoms. The zero-order valence-electron chi connectivity index (χ0n) is 11.0. The highest BCUT2D eigenvalue weighted by molar-refractivity contribution is 4.61. The highest BCUT2D eigenvalue weighted by Crippen LogP contribution is 2.14. The molecule has 0 aromatic rings. The van der Waals surface area contributed by atoms with E-state index in [4.69, 9.17) is 9.78 Å². The standard InChI is InChI=1S/C13H28O2/c1-5-7-8-9-10-11-12-14-15-13(3,4)6-2/h5-12H2,1-4H3. The maximum absolute atomic E-state index is 5.31. The monoisotopic (exact) mass is 216 g/mol. The quantitative estimate of drug-likeness (QED) is 0.304. The third kappa shape index (κ3) is 10.2. The second kappa shape index (κ2) is 9.17. The van der Waals surface area contributed by atoms with Gasteiger partial charge in [-0.25, -0.2) is 9.78 Å². The predicted molar refractivity (Wildman–Crippen MR) is 64.8 cm³/mol. The van der Waals surface area contributed by atoms with Crippen LogP contribution in [0.15, 0.2) is 0 Å². The number of hydrogen-bond donors (Lipinski definition) is 0. The molecule has 0 radical (unpaired) electrons. The van der Waals surface area contributed by atoms with Crippen molar-refractivity contribution in [2.75, 3.05) is 6.61 Å². The van der Waals surface area contributed by atoms with E-state index in [9.17, 15) is 0 Å². The number of rotatable bonds is 10. The zero-order valence-corrected chi connectivity index (χ0v) is 11.0. The van der Waals surface area contributed by atoms with E-state index in [1.54, 1.807) is 0 Å². The summed E-state index contributed by atoms with van der Waals surface area (Å²) in [5, 5.41) is 0. The normalized spacial score (nSPS) is 12.0. The minimum atomic E-state index is -0.137. The minimum absolute atomic E-state index is 0.137. The largest absolute Gasteiger partial charge is 0.236 e. The van der Waals surface area contributed by atoms with Gasteiger partial charge in [-0.15, -0.1) is 0 Å². The van der Waals surface area contributed by atoms with Gasteiger partial charge in [-0.05, 0) is 26.7 Å². The molecular formula is C13H28O2. The maximum Gasteiger partial charge on any atom is 0.0977 e. The third-order valence-corrected chi connectivity index (χ3v) is 2.72. The molecule has 0 unspecified atom stereocenters. The van der Waals surface area contributed by atoms with Crippen LogP contribution in [0.1, 0.15) is 72.6 Å². The molecule has 0 aromatic heterocycles. The first-order chi connectivity index (χ1) is 7.12. The Bertz CT molecular complexity index is 132. The van der Waals surface area contributed by atoms with E-state index in [1.165, 1.54) is 32.1 Å². The van der Waals surface area contributed by atoms with Gasteiger partial charge in [0, 0.05) is 0 Å². The maximum atomic E-state index is 5.31. The lowest BCUT2D eigenvalue weighted by molar-refractivity contribution is -0.353. The van der Waals surface area contributed by atoms with Crippen LogP contribution in [0.3, 0.4) is 0 Å². The molecule has 0 aliphatic heterocycles. The van der Waals surface area contributed by atoms with Crippen LogP contribution in [0.25, 0.3) is 0 Å². The van der Waals surface area contributed by atoms with Crippen LogP contribution in [0, 0.1) is 0 Å². The van der Waals surface area contributed by atoms with Gasteiger partial charge < -0.3 is 0 Å². The molecule has 0 atom stereocenters. The van der Waals surface area contributed by atoms with Gasteiger partial charge in [-0.2, -0.15) is 0 Å². The van der Waals surface area contributed by atoms with Gasteiger partial charge in [-0.3, -0.25) is 0 Å². The Balaban J connectivity index is 3.11. The summed E-state index contributed by atoms with van der Waals surface area (Å²) in [4.78, 5) is 10.5. The second-order valence-corrected chi connectivity index (χ2v) is 4.79. The predicted octanol–water partition coefficient (Wildman–Crippen LogP) is 4.48. The fourth-order valence-corrected chi connectivity index (χ4v) is 1.20. The van der Waals surface area contributed by atoms with Crippen molar-refractivity contribution < 1.29 is 9.78 Å². The molecule has 0 heterocycles. The first-order valence-corrected chi connectivity index (χ1v) is 6.43. The van der Waals surface area contributed by atoms with Gasteiger partial charge in [0.15, 0.2) is 0 Å². The van der Waals surface area contributed by atoms with E-state index < -0.39 is 0 Å². The fourth-order valence-electron chi connectivity index (χ4n) is 1.20. The molecular weight excluding hydrogens is 188 g/mol. The van der Waals surface area contributed by atoms with Crippen molar-refractivity contribution in [2.24, 2.45) is 0 Å². The van der Waals surface area contributed by atoms with E-state index in [-0.39, 0.29) is 5.60 Å². The topological polar surface area (TPSA) is 18.5 Å². The third-order valence-electron chi connectivity index (χ3n) is 2.72. The Morgan fingerprint density at radius 2 is 1.47 bits per heavy atom. The summed E-state index contributed by atoms with van der Waals surface area (Å²) in [5.41, 5.74) is -0.137. The van der Waals surface area contributed by atoms with Gasteiger partial charge in [0.25, 0.3) is 0 Å². The van der Waals surface area contributed by atoms with E-state index in [2.05, 4.69) is 13.8 Å². The van der Waals surface area contributed by atoms with Crippen molar-refractivity contribution in [3.63, 3.8) is 0 Å². The molecule has 0 N–H and O–H groups in total. The Hall–Kier alpha value is -0.0800. The zero-order chi connectivity index (χ0) is 11.6. The van der Waals surface area contributed by atoms with E-state index in [0.29, 0.717) is 0 Å². The van der Waals surface area contributed by atoms with E-state index in [1.807, 2.05) is 13.8 Å². The van der Waals surface area contributed by atoms with Gasteiger partial charge in [-0.1, -0.05) is 46.0 Å². The molecule has 0 rings (SSSR count). The van der Waals surface area contributed by atoms with Crippen molar-refractivity contribution in [1.29, 1.82) is 0 Å².